The predicted molar refractivity (Wildman–Crippen MR) is 108 cm³/mol. The second-order valence-corrected chi connectivity index (χ2v) is 9.29. The topological polar surface area (TPSA) is 101 Å². The van der Waals surface area contributed by atoms with Crippen LogP contribution in [0.1, 0.15) is 20.8 Å². The molecular weight excluding hydrogens is 406 g/mol. The number of halogens is 1. The highest BCUT2D eigenvalue weighted by atomic mass is 35.5. The Morgan fingerprint density at radius 1 is 1.39 bits per heavy atom. The molecule has 152 valence electrons. The summed E-state index contributed by atoms with van der Waals surface area (Å²) in [6.07, 6.45) is 0.432. The first-order valence-electron chi connectivity index (χ1n) is 8.68. The van der Waals surface area contributed by atoms with Crippen molar-refractivity contribution in [1.29, 1.82) is 0 Å². The number of aromatic nitrogens is 1. The molecule has 1 atom stereocenters. The number of carboxylic acid groups (broad SMARTS) is 1. The SMILES string of the molecule is Cn1cc(Cl)c2sc(NC(=O)C3(C(C)(C)C)CN(C(=O)O)CCO3)cc2c1=O. The summed E-state index contributed by atoms with van der Waals surface area (Å²) in [5.74, 6) is -0.453. The number of ether oxygens (including phenoxy) is 1. The molecule has 0 radical (unpaired) electrons. The smallest absolute Gasteiger partial charge is 0.407 e. The summed E-state index contributed by atoms with van der Waals surface area (Å²) in [4.78, 5) is 38.2. The van der Waals surface area contributed by atoms with Crippen molar-refractivity contribution in [2.75, 3.05) is 25.0 Å². The Labute approximate surface area is 170 Å². The number of rotatable bonds is 2. The van der Waals surface area contributed by atoms with Crippen molar-refractivity contribution < 1.29 is 19.4 Å². The van der Waals surface area contributed by atoms with Crippen LogP contribution in [0.15, 0.2) is 17.1 Å². The Bertz CT molecular complexity index is 1010. The van der Waals surface area contributed by atoms with E-state index in [9.17, 15) is 19.5 Å². The highest BCUT2D eigenvalue weighted by Gasteiger charge is 2.53. The molecule has 28 heavy (non-hydrogen) atoms. The van der Waals surface area contributed by atoms with E-state index < -0.39 is 23.0 Å². The van der Waals surface area contributed by atoms with Crippen LogP contribution < -0.4 is 10.9 Å². The van der Waals surface area contributed by atoms with Crippen LogP contribution in [-0.2, 0) is 16.6 Å². The fraction of sp³-hybridized carbons (Fsp3) is 0.500. The molecule has 1 aliphatic rings. The average molecular weight is 428 g/mol. The third kappa shape index (κ3) is 3.38. The molecule has 1 aliphatic heterocycles. The second kappa shape index (κ2) is 7.06. The van der Waals surface area contributed by atoms with Crippen LogP contribution >= 0.6 is 22.9 Å². The molecule has 1 saturated heterocycles. The summed E-state index contributed by atoms with van der Waals surface area (Å²) in [5.41, 5.74) is -2.25. The van der Waals surface area contributed by atoms with Crippen LogP contribution in [0, 0.1) is 5.41 Å². The van der Waals surface area contributed by atoms with Crippen LogP contribution in [0.2, 0.25) is 5.02 Å². The molecule has 8 nitrogen and oxygen atoms in total. The number of morpholine rings is 1. The van der Waals surface area contributed by atoms with Gasteiger partial charge in [-0.3, -0.25) is 9.59 Å². The van der Waals surface area contributed by atoms with Gasteiger partial charge in [-0.25, -0.2) is 4.79 Å². The Morgan fingerprint density at radius 3 is 2.68 bits per heavy atom. The van der Waals surface area contributed by atoms with Gasteiger partial charge in [0.05, 0.1) is 33.3 Å². The second-order valence-electron chi connectivity index (χ2n) is 7.83. The first-order valence-corrected chi connectivity index (χ1v) is 9.88. The number of aryl methyl sites for hydroxylation is 1. The van der Waals surface area contributed by atoms with Crippen LogP contribution in [0.25, 0.3) is 10.1 Å². The van der Waals surface area contributed by atoms with Gasteiger partial charge in [-0.05, 0) is 6.07 Å². The number of hydrogen-bond acceptors (Lipinski definition) is 5. The molecule has 10 heteroatoms. The van der Waals surface area contributed by atoms with Gasteiger partial charge in [0, 0.05) is 25.2 Å². The van der Waals surface area contributed by atoms with Crippen LogP contribution in [-0.4, -0.2) is 51.9 Å². The number of pyridine rings is 1. The number of amides is 2. The lowest BCUT2D eigenvalue weighted by Gasteiger charge is -2.47. The maximum Gasteiger partial charge on any atom is 0.407 e. The fourth-order valence-electron chi connectivity index (χ4n) is 3.30. The van der Waals surface area contributed by atoms with Crippen LogP contribution in [0.3, 0.4) is 0 Å². The summed E-state index contributed by atoms with van der Waals surface area (Å²) in [7, 11) is 1.61. The Kier molecular flexibility index (Phi) is 5.20. The van der Waals surface area contributed by atoms with Crippen molar-refractivity contribution in [3.63, 3.8) is 0 Å². The number of carbonyl (C=O) groups excluding carboxylic acids is 1. The maximum absolute atomic E-state index is 13.3. The number of thiophene rings is 1. The molecule has 2 aromatic heterocycles. The molecule has 1 fully saturated rings. The van der Waals surface area contributed by atoms with E-state index in [0.717, 1.165) is 0 Å². The van der Waals surface area contributed by atoms with E-state index in [4.69, 9.17) is 16.3 Å². The molecule has 2 amide bonds. The first kappa shape index (κ1) is 20.6. The van der Waals surface area contributed by atoms with Crippen LogP contribution in [0.5, 0.6) is 0 Å². The zero-order valence-corrected chi connectivity index (χ0v) is 17.6. The standard InChI is InChI=1S/C18H22ClN3O5S/c1-17(2,3)18(9-22(16(25)26)5-6-27-18)15(24)20-12-7-10-13(28-12)11(19)8-21(4)14(10)23/h7-8H,5-6,9H2,1-4H3,(H,20,24)(H,25,26). The predicted octanol–water partition coefficient (Wildman–Crippen LogP) is 2.99. The van der Waals surface area contributed by atoms with E-state index >= 15 is 0 Å². The molecule has 3 heterocycles. The summed E-state index contributed by atoms with van der Waals surface area (Å²) < 4.78 is 7.85. The number of nitrogens with zero attached hydrogens (tertiary/aromatic N) is 2. The van der Waals surface area contributed by atoms with E-state index in [1.807, 2.05) is 20.8 Å². The van der Waals surface area contributed by atoms with E-state index in [2.05, 4.69) is 5.32 Å². The third-order valence-electron chi connectivity index (χ3n) is 5.02. The van der Waals surface area contributed by atoms with Crippen molar-refractivity contribution in [2.45, 2.75) is 26.4 Å². The van der Waals surface area contributed by atoms with Gasteiger partial charge in [-0.1, -0.05) is 32.4 Å². The highest BCUT2D eigenvalue weighted by Crippen LogP contribution is 2.39. The van der Waals surface area contributed by atoms with Crippen molar-refractivity contribution >= 4 is 50.0 Å². The van der Waals surface area contributed by atoms with Gasteiger partial charge < -0.3 is 24.6 Å². The number of fused-ring (bicyclic) bond motifs is 1. The fourth-order valence-corrected chi connectivity index (χ4v) is 4.61. The van der Waals surface area contributed by atoms with Gasteiger partial charge in [0.2, 0.25) is 0 Å². The normalized spacial score (nSPS) is 20.4. The molecule has 0 spiro atoms. The number of nitrogens with one attached hydrogen (secondary N) is 1. The lowest BCUT2D eigenvalue weighted by atomic mass is 9.74. The zero-order valence-electron chi connectivity index (χ0n) is 16.0. The largest absolute Gasteiger partial charge is 0.465 e. The summed E-state index contributed by atoms with van der Waals surface area (Å²) in [6, 6.07) is 1.58. The Balaban J connectivity index is 1.98. The molecule has 0 saturated carbocycles. The van der Waals surface area contributed by atoms with Gasteiger partial charge in [-0.15, -0.1) is 11.3 Å². The van der Waals surface area contributed by atoms with Gasteiger partial charge in [0.1, 0.15) is 0 Å². The number of hydrogen-bond donors (Lipinski definition) is 2. The Hall–Kier alpha value is -2.10. The molecule has 0 bridgehead atoms. The first-order chi connectivity index (χ1) is 13.0. The van der Waals surface area contributed by atoms with Crippen molar-refractivity contribution in [3.8, 4) is 0 Å². The minimum Gasteiger partial charge on any atom is -0.465 e. The van der Waals surface area contributed by atoms with Crippen molar-refractivity contribution in [1.82, 2.24) is 9.47 Å². The van der Waals surface area contributed by atoms with Gasteiger partial charge in [-0.2, -0.15) is 0 Å². The quantitative estimate of drug-likeness (QED) is 0.767. The van der Waals surface area contributed by atoms with E-state index in [0.29, 0.717) is 20.1 Å². The lowest BCUT2D eigenvalue weighted by molar-refractivity contribution is -0.175. The van der Waals surface area contributed by atoms with Crippen LogP contribution in [0.4, 0.5) is 9.80 Å². The Morgan fingerprint density at radius 2 is 2.07 bits per heavy atom. The van der Waals surface area contributed by atoms with E-state index in [1.165, 1.54) is 27.0 Å². The molecule has 0 aliphatic carbocycles. The monoisotopic (exact) mass is 427 g/mol. The minimum atomic E-state index is -1.37. The van der Waals surface area contributed by atoms with E-state index in [1.54, 1.807) is 13.1 Å². The summed E-state index contributed by atoms with van der Waals surface area (Å²) in [6.45, 7) is 5.73. The summed E-state index contributed by atoms with van der Waals surface area (Å²) in [5, 5.41) is 13.5. The van der Waals surface area contributed by atoms with E-state index in [-0.39, 0.29) is 25.3 Å². The van der Waals surface area contributed by atoms with Gasteiger partial charge in [0.15, 0.2) is 5.60 Å². The maximum atomic E-state index is 13.3. The van der Waals surface area contributed by atoms with Crippen molar-refractivity contribution in [2.24, 2.45) is 12.5 Å². The van der Waals surface area contributed by atoms with Gasteiger partial charge >= 0.3 is 6.09 Å². The molecule has 2 aromatic rings. The summed E-state index contributed by atoms with van der Waals surface area (Å²) >= 11 is 7.42. The highest BCUT2D eigenvalue weighted by molar-refractivity contribution is 7.23. The molecule has 2 N–H and O–H groups in total. The molecule has 0 aromatic carbocycles. The average Bonchev–Trinajstić information content (AvgIpc) is 3.03. The van der Waals surface area contributed by atoms with Gasteiger partial charge in [0.25, 0.3) is 11.5 Å². The van der Waals surface area contributed by atoms with Crippen molar-refractivity contribution in [3.05, 3.63) is 27.6 Å². The molecule has 3 rings (SSSR count). The number of carbonyl (C=O) groups is 2. The zero-order chi connectivity index (χ0) is 20.9. The molecular formula is C18H22ClN3O5S. The molecule has 1 unspecified atom stereocenters. The lowest BCUT2D eigenvalue weighted by Crippen LogP contribution is -2.65. The minimum absolute atomic E-state index is 0.0783. The third-order valence-corrected chi connectivity index (χ3v) is 6.50. The number of anilines is 1.